The van der Waals surface area contributed by atoms with Crippen LogP contribution in [-0.4, -0.2) is 65.3 Å². The summed E-state index contributed by atoms with van der Waals surface area (Å²) in [6, 6.07) is 12.6. The number of halogens is 3. The number of imidazole rings is 1. The molecule has 1 fully saturated rings. The first-order chi connectivity index (χ1) is 21.2. The van der Waals surface area contributed by atoms with E-state index in [1.54, 1.807) is 70.7 Å². The molecule has 1 aliphatic heterocycles. The van der Waals surface area contributed by atoms with Crippen molar-refractivity contribution < 1.29 is 22.8 Å². The van der Waals surface area contributed by atoms with Crippen molar-refractivity contribution in [2.45, 2.75) is 44.3 Å². The number of Topliss-reactive ketones (excluding diaryl/α,β-unsaturated/α-hetero) is 1. The van der Waals surface area contributed by atoms with E-state index in [9.17, 15) is 22.8 Å². The van der Waals surface area contributed by atoms with Gasteiger partial charge in [0.15, 0.2) is 5.65 Å². The zero-order valence-electron chi connectivity index (χ0n) is 23.6. The fourth-order valence-corrected chi connectivity index (χ4v) is 5.33. The largest absolute Gasteiger partial charge is 0.389 e. The Balaban J connectivity index is 1.10. The minimum absolute atomic E-state index is 0.0696. The van der Waals surface area contributed by atoms with Gasteiger partial charge in [0.1, 0.15) is 5.78 Å². The molecule has 10 nitrogen and oxygen atoms in total. The molecule has 13 heteroatoms. The Labute approximate surface area is 250 Å². The highest BCUT2D eigenvalue weighted by Gasteiger charge is 2.28. The first-order valence-corrected chi connectivity index (χ1v) is 14.2. The average molecular weight is 603 g/mol. The number of carbonyl (C=O) groups excluding carboxylic acids is 2. The van der Waals surface area contributed by atoms with Crippen LogP contribution in [-0.2, 0) is 11.2 Å². The van der Waals surface area contributed by atoms with Crippen molar-refractivity contribution in [1.82, 2.24) is 34.3 Å². The number of pyridine rings is 1. The van der Waals surface area contributed by atoms with Crippen molar-refractivity contribution >= 4 is 23.1 Å². The second-order valence-corrected chi connectivity index (χ2v) is 10.8. The number of ketones is 1. The van der Waals surface area contributed by atoms with Gasteiger partial charge in [0.25, 0.3) is 0 Å². The minimum Gasteiger partial charge on any atom is -0.324 e. The number of amides is 2. The van der Waals surface area contributed by atoms with Gasteiger partial charge >= 0.3 is 12.2 Å². The molecule has 1 saturated heterocycles. The lowest BCUT2D eigenvalue weighted by Crippen LogP contribution is -2.41. The Hall–Kier alpha value is -5.07. The highest BCUT2D eigenvalue weighted by atomic mass is 19.4. The van der Waals surface area contributed by atoms with E-state index in [-0.39, 0.29) is 18.5 Å². The summed E-state index contributed by atoms with van der Waals surface area (Å²) in [4.78, 5) is 35.0. The Morgan fingerprint density at radius 3 is 2.52 bits per heavy atom. The number of carbonyl (C=O) groups is 2. The van der Waals surface area contributed by atoms with Crippen LogP contribution in [0.15, 0.2) is 79.6 Å². The van der Waals surface area contributed by atoms with Gasteiger partial charge in [-0.1, -0.05) is 18.2 Å². The molecule has 0 radical (unpaired) electrons. The zero-order chi connectivity index (χ0) is 30.7. The number of rotatable bonds is 8. The molecule has 6 rings (SSSR count). The van der Waals surface area contributed by atoms with Crippen molar-refractivity contribution in [2.24, 2.45) is 0 Å². The summed E-state index contributed by atoms with van der Waals surface area (Å²) in [7, 11) is 0. The summed E-state index contributed by atoms with van der Waals surface area (Å²) in [6.07, 6.45) is 5.93. The molecule has 1 aliphatic rings. The number of nitrogens with zero attached hydrogens (tertiary/aromatic N) is 7. The summed E-state index contributed by atoms with van der Waals surface area (Å²) in [5.41, 5.74) is 5.10. The molecule has 1 aromatic carbocycles. The molecule has 0 unspecified atom stereocenters. The third-order valence-electron chi connectivity index (χ3n) is 7.65. The number of fused-ring (bicyclic) bond motifs is 1. The minimum atomic E-state index is -4.35. The second kappa shape index (κ2) is 12.3. The van der Waals surface area contributed by atoms with Crippen molar-refractivity contribution in [3.63, 3.8) is 0 Å². The molecule has 5 aromatic rings. The maximum absolute atomic E-state index is 12.6. The van der Waals surface area contributed by atoms with E-state index >= 15 is 0 Å². The number of benzene rings is 1. The number of urea groups is 1. The quantitative estimate of drug-likeness (QED) is 0.234. The Kier molecular flexibility index (Phi) is 8.09. The molecule has 0 saturated carbocycles. The van der Waals surface area contributed by atoms with Crippen molar-refractivity contribution in [3.8, 4) is 22.4 Å². The van der Waals surface area contributed by atoms with Crippen molar-refractivity contribution in [2.75, 3.05) is 18.4 Å². The van der Waals surface area contributed by atoms with Gasteiger partial charge in [-0.25, -0.2) is 14.3 Å². The highest BCUT2D eigenvalue weighted by molar-refractivity contribution is 5.89. The van der Waals surface area contributed by atoms with Crippen LogP contribution >= 0.6 is 0 Å². The van der Waals surface area contributed by atoms with Crippen molar-refractivity contribution in [3.05, 3.63) is 85.2 Å². The van der Waals surface area contributed by atoms with Gasteiger partial charge < -0.3 is 10.2 Å². The van der Waals surface area contributed by atoms with E-state index in [0.717, 1.165) is 29.5 Å². The third kappa shape index (κ3) is 6.77. The van der Waals surface area contributed by atoms with Gasteiger partial charge in [0.2, 0.25) is 0 Å². The molecular weight excluding hydrogens is 573 g/mol. The van der Waals surface area contributed by atoms with Crippen LogP contribution in [0.4, 0.5) is 23.7 Å². The molecular formula is C31H29F3N8O2. The van der Waals surface area contributed by atoms with E-state index in [4.69, 9.17) is 0 Å². The summed E-state index contributed by atoms with van der Waals surface area (Å²) in [5, 5.41) is 12.1. The van der Waals surface area contributed by atoms with Crippen LogP contribution in [0.25, 0.3) is 28.0 Å². The normalized spacial score (nSPS) is 14.2. The predicted octanol–water partition coefficient (Wildman–Crippen LogP) is 5.98. The molecule has 4 aromatic heterocycles. The highest BCUT2D eigenvalue weighted by Crippen LogP contribution is 2.28. The average Bonchev–Trinajstić information content (AvgIpc) is 3.68. The molecule has 2 amide bonds. The Bertz CT molecular complexity index is 1780. The number of piperidine rings is 1. The van der Waals surface area contributed by atoms with E-state index in [0.29, 0.717) is 35.7 Å². The molecule has 1 N–H and O–H groups in total. The van der Waals surface area contributed by atoms with Gasteiger partial charge in [-0.3, -0.25) is 14.5 Å². The van der Waals surface area contributed by atoms with Crippen LogP contribution in [0.1, 0.15) is 37.3 Å². The monoisotopic (exact) mass is 602 g/mol. The standard InChI is InChI=1S/C31H29F3N8O2/c32-31(33,34)9-6-27(43)14-21-3-1-4-22(13-21)28-19-36-29-15-23(16-38-42(28)29)24-17-37-41(20-24)26-7-11-40(12-8-26)30(44)39-25-5-2-10-35-18-25/h1-5,10,13,15-20,26H,6-9,11-12,14H2,(H,39,44). The lowest BCUT2D eigenvalue weighted by atomic mass is 10.0. The molecule has 5 heterocycles. The molecule has 0 spiro atoms. The van der Waals surface area contributed by atoms with Crippen LogP contribution in [0.3, 0.4) is 0 Å². The van der Waals surface area contributed by atoms with E-state index in [1.807, 2.05) is 23.0 Å². The first-order valence-electron chi connectivity index (χ1n) is 14.2. The topological polar surface area (TPSA) is 110 Å². The lowest BCUT2D eigenvalue weighted by molar-refractivity contribution is -0.143. The molecule has 226 valence electrons. The summed E-state index contributed by atoms with van der Waals surface area (Å²) in [6.45, 7) is 1.22. The van der Waals surface area contributed by atoms with Crippen LogP contribution in [0.5, 0.6) is 0 Å². The number of hydrogen-bond donors (Lipinski definition) is 1. The summed E-state index contributed by atoms with van der Waals surface area (Å²) in [5.74, 6) is -0.460. The van der Waals surface area contributed by atoms with E-state index in [1.165, 1.54) is 0 Å². The number of alkyl halides is 3. The Morgan fingerprint density at radius 1 is 0.932 bits per heavy atom. The molecule has 44 heavy (non-hydrogen) atoms. The summed E-state index contributed by atoms with van der Waals surface area (Å²) >= 11 is 0. The zero-order valence-corrected chi connectivity index (χ0v) is 23.6. The SMILES string of the molecule is O=C(CCC(F)(F)F)Cc1cccc(-c2cnc3cc(-c4cnn(C5CCN(C(=O)Nc6cccnc6)CC5)c4)cnn23)c1. The van der Waals surface area contributed by atoms with Gasteiger partial charge in [-0.2, -0.15) is 23.4 Å². The van der Waals surface area contributed by atoms with Crippen LogP contribution in [0.2, 0.25) is 0 Å². The number of anilines is 1. The Morgan fingerprint density at radius 2 is 1.75 bits per heavy atom. The fourth-order valence-electron chi connectivity index (χ4n) is 5.33. The van der Waals surface area contributed by atoms with Crippen LogP contribution in [0, 0.1) is 0 Å². The maximum atomic E-state index is 12.6. The van der Waals surface area contributed by atoms with Gasteiger partial charge in [0, 0.05) is 55.0 Å². The predicted molar refractivity (Wildman–Crippen MR) is 157 cm³/mol. The second-order valence-electron chi connectivity index (χ2n) is 10.8. The molecule has 0 bridgehead atoms. The number of aromatic nitrogens is 6. The third-order valence-corrected chi connectivity index (χ3v) is 7.65. The lowest BCUT2D eigenvalue weighted by Gasteiger charge is -2.32. The fraction of sp³-hybridized carbons (Fsp3) is 0.290. The number of likely N-dealkylation sites (tertiary alicyclic amines) is 1. The van der Waals surface area contributed by atoms with Crippen LogP contribution < -0.4 is 5.32 Å². The van der Waals surface area contributed by atoms with E-state index in [2.05, 4.69) is 25.5 Å². The van der Waals surface area contributed by atoms with Gasteiger partial charge in [-0.15, -0.1) is 0 Å². The first kappa shape index (κ1) is 29.0. The molecule has 0 aliphatic carbocycles. The van der Waals surface area contributed by atoms with Gasteiger partial charge in [0.05, 0.1) is 48.6 Å². The number of hydrogen-bond acceptors (Lipinski definition) is 6. The summed E-state index contributed by atoms with van der Waals surface area (Å²) < 4.78 is 41.1. The maximum Gasteiger partial charge on any atom is 0.389 e. The van der Waals surface area contributed by atoms with Gasteiger partial charge in [-0.05, 0) is 42.7 Å². The van der Waals surface area contributed by atoms with E-state index < -0.39 is 24.8 Å². The number of nitrogens with one attached hydrogen (secondary N) is 1. The molecule has 0 atom stereocenters. The van der Waals surface area contributed by atoms with Crippen molar-refractivity contribution in [1.29, 1.82) is 0 Å². The smallest absolute Gasteiger partial charge is 0.324 e.